The Balaban J connectivity index is 2.03. The predicted octanol–water partition coefficient (Wildman–Crippen LogP) is 0.210. The molecule has 3 heterocycles. The molecule has 84 valence electrons. The number of aromatic amines is 2. The molecular weight excluding hydrogens is 224 g/mol. The molecule has 0 atom stereocenters. The summed E-state index contributed by atoms with van der Waals surface area (Å²) in [6, 6.07) is 4.67. The Labute approximate surface area is 93.7 Å². The first-order chi connectivity index (χ1) is 8.33. The number of aromatic nitrogens is 6. The van der Waals surface area contributed by atoms with Crippen molar-refractivity contribution in [1.29, 1.82) is 0 Å². The van der Waals surface area contributed by atoms with Crippen LogP contribution in [0.1, 0.15) is 0 Å². The second kappa shape index (κ2) is 3.67. The summed E-state index contributed by atoms with van der Waals surface area (Å²) in [5.41, 5.74) is 0.220. The third-order valence-corrected chi connectivity index (χ3v) is 2.05. The van der Waals surface area contributed by atoms with Gasteiger partial charge in [0.1, 0.15) is 12.0 Å². The van der Waals surface area contributed by atoms with Gasteiger partial charge in [-0.3, -0.25) is 9.89 Å². The largest absolute Gasteiger partial charge is 0.332 e. The van der Waals surface area contributed by atoms with Crippen LogP contribution in [0.2, 0.25) is 0 Å². The highest BCUT2D eigenvalue weighted by Crippen LogP contribution is 2.16. The van der Waals surface area contributed by atoms with E-state index in [1.54, 1.807) is 12.1 Å². The van der Waals surface area contributed by atoms with Crippen LogP contribution in [0, 0.1) is 0 Å². The van der Waals surface area contributed by atoms with Crippen LogP contribution in [0.15, 0.2) is 33.8 Å². The summed E-state index contributed by atoms with van der Waals surface area (Å²) in [4.78, 5) is 21.7. The third kappa shape index (κ3) is 1.71. The lowest BCUT2D eigenvalue weighted by Crippen LogP contribution is -2.03. The van der Waals surface area contributed by atoms with E-state index in [1.807, 2.05) is 0 Å². The SMILES string of the molecule is O=c1cccc(-c2nc(-c3ncn[nH]3)no2)[nH]1. The molecule has 0 aliphatic carbocycles. The molecule has 8 nitrogen and oxygen atoms in total. The van der Waals surface area contributed by atoms with E-state index < -0.39 is 0 Å². The van der Waals surface area contributed by atoms with Gasteiger partial charge < -0.3 is 9.51 Å². The van der Waals surface area contributed by atoms with Crippen molar-refractivity contribution in [1.82, 2.24) is 30.3 Å². The first-order valence-electron chi connectivity index (χ1n) is 4.72. The Morgan fingerprint density at radius 3 is 3.00 bits per heavy atom. The maximum absolute atomic E-state index is 11.1. The van der Waals surface area contributed by atoms with Crippen LogP contribution in [0.5, 0.6) is 0 Å². The minimum absolute atomic E-state index is 0.217. The lowest BCUT2D eigenvalue weighted by molar-refractivity contribution is 0.430. The van der Waals surface area contributed by atoms with Crippen LogP contribution in [0.3, 0.4) is 0 Å². The maximum Gasteiger partial charge on any atom is 0.274 e. The van der Waals surface area contributed by atoms with E-state index in [0.717, 1.165) is 0 Å². The summed E-state index contributed by atoms with van der Waals surface area (Å²) in [7, 11) is 0. The van der Waals surface area contributed by atoms with Gasteiger partial charge in [-0.1, -0.05) is 11.2 Å². The van der Waals surface area contributed by atoms with Crippen molar-refractivity contribution in [2.45, 2.75) is 0 Å². The van der Waals surface area contributed by atoms with Crippen molar-refractivity contribution in [3.63, 3.8) is 0 Å². The average Bonchev–Trinajstić information content (AvgIpc) is 3.00. The summed E-state index contributed by atoms with van der Waals surface area (Å²) in [5.74, 6) is 0.898. The van der Waals surface area contributed by atoms with Gasteiger partial charge in [0.15, 0.2) is 5.82 Å². The van der Waals surface area contributed by atoms with Gasteiger partial charge in [-0.2, -0.15) is 10.1 Å². The second-order valence-electron chi connectivity index (χ2n) is 3.19. The van der Waals surface area contributed by atoms with E-state index in [1.165, 1.54) is 12.4 Å². The van der Waals surface area contributed by atoms with Crippen LogP contribution < -0.4 is 5.56 Å². The minimum atomic E-state index is -0.234. The van der Waals surface area contributed by atoms with Crippen molar-refractivity contribution in [3.8, 4) is 23.2 Å². The first-order valence-corrected chi connectivity index (χ1v) is 4.72. The van der Waals surface area contributed by atoms with Crippen LogP contribution in [-0.2, 0) is 0 Å². The second-order valence-corrected chi connectivity index (χ2v) is 3.19. The van der Waals surface area contributed by atoms with Crippen molar-refractivity contribution in [2.75, 3.05) is 0 Å². The zero-order valence-electron chi connectivity index (χ0n) is 8.41. The molecule has 0 fully saturated rings. The Kier molecular flexibility index (Phi) is 2.04. The normalized spacial score (nSPS) is 10.6. The van der Waals surface area contributed by atoms with Gasteiger partial charge in [-0.15, -0.1) is 0 Å². The van der Waals surface area contributed by atoms with Crippen LogP contribution >= 0.6 is 0 Å². The van der Waals surface area contributed by atoms with Crippen molar-refractivity contribution in [3.05, 3.63) is 34.9 Å². The topological polar surface area (TPSA) is 113 Å². The monoisotopic (exact) mass is 230 g/mol. The zero-order chi connectivity index (χ0) is 11.7. The number of H-pyrrole nitrogens is 2. The number of pyridine rings is 1. The van der Waals surface area contributed by atoms with E-state index in [4.69, 9.17) is 4.52 Å². The fourth-order valence-corrected chi connectivity index (χ4v) is 1.31. The first kappa shape index (κ1) is 9.46. The molecule has 0 saturated heterocycles. The number of hydrogen-bond donors (Lipinski definition) is 2. The third-order valence-electron chi connectivity index (χ3n) is 2.05. The van der Waals surface area contributed by atoms with E-state index in [2.05, 4.69) is 30.3 Å². The molecule has 0 saturated carbocycles. The van der Waals surface area contributed by atoms with Crippen molar-refractivity contribution < 1.29 is 4.52 Å². The molecule has 2 N–H and O–H groups in total. The molecular formula is C9H6N6O2. The Morgan fingerprint density at radius 1 is 1.29 bits per heavy atom. The molecule has 3 aromatic heterocycles. The number of nitrogens with one attached hydrogen (secondary N) is 2. The molecule has 0 aromatic carbocycles. The molecule has 8 heteroatoms. The highest BCUT2D eigenvalue weighted by molar-refractivity contribution is 5.50. The van der Waals surface area contributed by atoms with Crippen molar-refractivity contribution >= 4 is 0 Å². The van der Waals surface area contributed by atoms with Crippen LogP contribution in [0.4, 0.5) is 0 Å². The van der Waals surface area contributed by atoms with Gasteiger partial charge in [0, 0.05) is 6.07 Å². The van der Waals surface area contributed by atoms with E-state index >= 15 is 0 Å². The lowest BCUT2D eigenvalue weighted by Gasteiger charge is -1.90. The summed E-state index contributed by atoms with van der Waals surface area (Å²) >= 11 is 0. The lowest BCUT2D eigenvalue weighted by atomic mass is 10.3. The molecule has 0 spiro atoms. The summed E-state index contributed by atoms with van der Waals surface area (Å²) in [5, 5.41) is 10.0. The molecule has 3 aromatic rings. The molecule has 0 radical (unpaired) electrons. The van der Waals surface area contributed by atoms with E-state index in [9.17, 15) is 4.79 Å². The Bertz CT molecular complexity index is 683. The molecule has 0 aliphatic heterocycles. The summed E-state index contributed by atoms with van der Waals surface area (Å²) in [6.07, 6.45) is 1.34. The van der Waals surface area contributed by atoms with Gasteiger partial charge in [-0.05, 0) is 6.07 Å². The molecule has 0 aliphatic rings. The van der Waals surface area contributed by atoms with Crippen LogP contribution in [0.25, 0.3) is 23.2 Å². The summed E-state index contributed by atoms with van der Waals surface area (Å²) < 4.78 is 5.01. The molecule has 0 unspecified atom stereocenters. The smallest absolute Gasteiger partial charge is 0.274 e. The maximum atomic E-state index is 11.1. The minimum Gasteiger partial charge on any atom is -0.332 e. The average molecular weight is 230 g/mol. The predicted molar refractivity (Wildman–Crippen MR) is 55.7 cm³/mol. The zero-order valence-corrected chi connectivity index (χ0v) is 8.41. The molecule has 3 rings (SSSR count). The number of rotatable bonds is 2. The highest BCUT2D eigenvalue weighted by Gasteiger charge is 2.12. The fourth-order valence-electron chi connectivity index (χ4n) is 1.31. The Hall–Kier alpha value is -2.77. The molecule has 17 heavy (non-hydrogen) atoms. The highest BCUT2D eigenvalue weighted by atomic mass is 16.5. The fraction of sp³-hybridized carbons (Fsp3) is 0. The molecule has 0 bridgehead atoms. The standard InChI is InChI=1S/C9H6N6O2/c16-6-3-1-2-5(12-6)9-13-8(15-17-9)7-10-4-11-14-7/h1-4H,(H,12,16)(H,10,11,14). The van der Waals surface area contributed by atoms with Gasteiger partial charge in [-0.25, -0.2) is 4.98 Å². The van der Waals surface area contributed by atoms with E-state index in [-0.39, 0.29) is 17.3 Å². The quantitative estimate of drug-likeness (QED) is 0.650. The summed E-state index contributed by atoms with van der Waals surface area (Å²) in [6.45, 7) is 0. The van der Waals surface area contributed by atoms with Crippen molar-refractivity contribution in [2.24, 2.45) is 0 Å². The van der Waals surface area contributed by atoms with Gasteiger partial charge in [0.2, 0.25) is 11.4 Å². The van der Waals surface area contributed by atoms with Gasteiger partial charge >= 0.3 is 0 Å². The van der Waals surface area contributed by atoms with Gasteiger partial charge in [0.25, 0.3) is 5.89 Å². The van der Waals surface area contributed by atoms with Crippen LogP contribution in [-0.4, -0.2) is 30.3 Å². The molecule has 0 amide bonds. The van der Waals surface area contributed by atoms with Gasteiger partial charge in [0.05, 0.1) is 0 Å². The van der Waals surface area contributed by atoms with E-state index in [0.29, 0.717) is 11.5 Å². The Morgan fingerprint density at radius 2 is 2.24 bits per heavy atom. The number of nitrogens with zero attached hydrogens (tertiary/aromatic N) is 4. The number of hydrogen-bond acceptors (Lipinski definition) is 6.